The van der Waals surface area contributed by atoms with Crippen LogP contribution in [0.5, 0.6) is 0 Å². The highest BCUT2D eigenvalue weighted by Gasteiger charge is 2.47. The number of aliphatic hydroxyl groups excluding tert-OH is 1. The minimum Gasteiger partial charge on any atom is -0.507 e. The molecule has 0 aliphatic carbocycles. The Bertz CT molecular complexity index is 1230. The van der Waals surface area contributed by atoms with Gasteiger partial charge in [-0.1, -0.05) is 31.2 Å². The minimum atomic E-state index is -0.964. The third kappa shape index (κ3) is 3.68. The number of rotatable bonds is 4. The number of Topliss-reactive ketones (excluding diaryl/α,β-unsaturated/α-hetero) is 1. The van der Waals surface area contributed by atoms with E-state index in [-0.39, 0.29) is 16.7 Å². The number of ketones is 1. The van der Waals surface area contributed by atoms with Crippen molar-refractivity contribution in [3.63, 3.8) is 0 Å². The second kappa shape index (κ2) is 8.38. The van der Waals surface area contributed by atoms with Gasteiger partial charge in [0, 0.05) is 11.3 Å². The number of nitrogens with zero attached hydrogens (tertiary/aromatic N) is 1. The molecule has 4 nitrogen and oxygen atoms in total. The van der Waals surface area contributed by atoms with Crippen LogP contribution in [0.25, 0.3) is 5.76 Å². The maximum Gasteiger partial charge on any atom is 0.300 e. The number of halogens is 2. The average Bonchev–Trinajstić information content (AvgIpc) is 3.06. The number of hydrogen-bond acceptors (Lipinski definition) is 3. The van der Waals surface area contributed by atoms with Gasteiger partial charge < -0.3 is 5.11 Å². The third-order valence-corrected chi connectivity index (χ3v) is 5.68. The fourth-order valence-corrected chi connectivity index (χ4v) is 3.90. The molecule has 4 rings (SSSR count). The topological polar surface area (TPSA) is 57.6 Å². The van der Waals surface area contributed by atoms with Crippen LogP contribution in [-0.4, -0.2) is 16.8 Å². The summed E-state index contributed by atoms with van der Waals surface area (Å²) in [5, 5.41) is 11.0. The first-order chi connectivity index (χ1) is 15.3. The summed E-state index contributed by atoms with van der Waals surface area (Å²) in [6.07, 6.45) is 0.810. The summed E-state index contributed by atoms with van der Waals surface area (Å²) in [6, 6.07) is 15.6. The van der Waals surface area contributed by atoms with E-state index in [0.29, 0.717) is 11.3 Å². The number of benzene rings is 3. The standard InChI is InChI=1S/C26H21F2NO3/c1-3-16-4-11-20(12-5-16)29-23(17-6-9-19(27)10-7-17)22(25(31)26(29)32)24(30)18-8-13-21(28)15(2)14-18/h4-14,23,30H,3H2,1-2H3/b24-22-. The van der Waals surface area contributed by atoms with Crippen molar-refractivity contribution in [3.8, 4) is 0 Å². The third-order valence-electron chi connectivity index (χ3n) is 5.68. The lowest BCUT2D eigenvalue weighted by atomic mass is 9.94. The molecule has 0 saturated carbocycles. The molecule has 1 amide bonds. The van der Waals surface area contributed by atoms with Crippen molar-refractivity contribution in [1.29, 1.82) is 0 Å². The molecule has 32 heavy (non-hydrogen) atoms. The van der Waals surface area contributed by atoms with E-state index in [1.807, 2.05) is 19.1 Å². The molecule has 1 fully saturated rings. The minimum absolute atomic E-state index is 0.132. The maximum atomic E-state index is 13.7. The summed E-state index contributed by atoms with van der Waals surface area (Å²) in [4.78, 5) is 27.4. The van der Waals surface area contributed by atoms with Crippen LogP contribution in [0.15, 0.2) is 72.3 Å². The Morgan fingerprint density at radius 1 is 0.969 bits per heavy atom. The van der Waals surface area contributed by atoms with E-state index in [1.165, 1.54) is 54.3 Å². The molecule has 1 aliphatic heterocycles. The van der Waals surface area contributed by atoms with Crippen molar-refractivity contribution >= 4 is 23.1 Å². The van der Waals surface area contributed by atoms with E-state index in [4.69, 9.17) is 0 Å². The molecule has 6 heteroatoms. The molecule has 3 aromatic rings. The van der Waals surface area contributed by atoms with Crippen molar-refractivity contribution in [3.05, 3.63) is 106 Å². The predicted octanol–water partition coefficient (Wildman–Crippen LogP) is 5.46. The molecule has 1 atom stereocenters. The molecule has 1 unspecified atom stereocenters. The number of aryl methyl sites for hydroxylation is 2. The lowest BCUT2D eigenvalue weighted by Crippen LogP contribution is -2.29. The molecular formula is C26H21F2NO3. The average molecular weight is 433 g/mol. The quantitative estimate of drug-likeness (QED) is 0.338. The van der Waals surface area contributed by atoms with Crippen LogP contribution >= 0.6 is 0 Å². The first kappa shape index (κ1) is 21.4. The molecule has 0 spiro atoms. The zero-order valence-electron chi connectivity index (χ0n) is 17.6. The fraction of sp³-hybridized carbons (Fsp3) is 0.154. The Hall–Kier alpha value is -3.80. The van der Waals surface area contributed by atoms with Gasteiger partial charge in [-0.25, -0.2) is 8.78 Å². The highest BCUT2D eigenvalue weighted by molar-refractivity contribution is 6.51. The number of carbonyl (C=O) groups is 2. The Morgan fingerprint density at radius 2 is 1.62 bits per heavy atom. The molecular weight excluding hydrogens is 412 g/mol. The number of amides is 1. The number of carbonyl (C=O) groups excluding carboxylic acids is 2. The SMILES string of the molecule is CCc1ccc(N2C(=O)C(=O)/C(=C(\O)c3ccc(F)c(C)c3)C2c2ccc(F)cc2)cc1. The van der Waals surface area contributed by atoms with Crippen LogP contribution in [0.2, 0.25) is 0 Å². The summed E-state index contributed by atoms with van der Waals surface area (Å²) in [5.74, 6) is -2.99. The van der Waals surface area contributed by atoms with Gasteiger partial charge in [0.05, 0.1) is 11.6 Å². The number of hydrogen-bond donors (Lipinski definition) is 1. The van der Waals surface area contributed by atoms with Crippen LogP contribution in [0.4, 0.5) is 14.5 Å². The molecule has 162 valence electrons. The van der Waals surface area contributed by atoms with Gasteiger partial charge in [-0.05, 0) is 72.5 Å². The summed E-state index contributed by atoms with van der Waals surface area (Å²) in [7, 11) is 0. The lowest BCUT2D eigenvalue weighted by Gasteiger charge is -2.25. The van der Waals surface area contributed by atoms with Crippen LogP contribution in [0.1, 0.15) is 35.2 Å². The molecule has 1 heterocycles. The van der Waals surface area contributed by atoms with Crippen LogP contribution in [0.3, 0.4) is 0 Å². The van der Waals surface area contributed by atoms with Crippen molar-refractivity contribution in [2.24, 2.45) is 0 Å². The first-order valence-corrected chi connectivity index (χ1v) is 10.2. The van der Waals surface area contributed by atoms with E-state index in [2.05, 4.69) is 0 Å². The second-order valence-electron chi connectivity index (χ2n) is 7.70. The van der Waals surface area contributed by atoms with E-state index >= 15 is 0 Å². The van der Waals surface area contributed by atoms with E-state index < -0.39 is 35.1 Å². The van der Waals surface area contributed by atoms with Gasteiger partial charge in [-0.15, -0.1) is 0 Å². The Balaban J connectivity index is 1.92. The molecule has 3 aromatic carbocycles. The van der Waals surface area contributed by atoms with Crippen LogP contribution in [-0.2, 0) is 16.0 Å². The largest absolute Gasteiger partial charge is 0.507 e. The van der Waals surface area contributed by atoms with Crippen molar-refractivity contribution in [1.82, 2.24) is 0 Å². The molecule has 1 aliphatic rings. The van der Waals surface area contributed by atoms with E-state index in [9.17, 15) is 23.5 Å². The van der Waals surface area contributed by atoms with Gasteiger partial charge in [-0.3, -0.25) is 14.5 Å². The first-order valence-electron chi connectivity index (χ1n) is 10.2. The van der Waals surface area contributed by atoms with Gasteiger partial charge in [0.15, 0.2) is 0 Å². The maximum absolute atomic E-state index is 13.7. The lowest BCUT2D eigenvalue weighted by molar-refractivity contribution is -0.132. The van der Waals surface area contributed by atoms with Crippen LogP contribution < -0.4 is 4.90 Å². The monoisotopic (exact) mass is 433 g/mol. The Labute approximate surface area is 184 Å². The van der Waals surface area contributed by atoms with E-state index in [0.717, 1.165) is 12.0 Å². The number of anilines is 1. The van der Waals surface area contributed by atoms with Gasteiger partial charge in [0.1, 0.15) is 17.4 Å². The zero-order valence-corrected chi connectivity index (χ0v) is 17.6. The molecule has 0 aromatic heterocycles. The van der Waals surface area contributed by atoms with E-state index in [1.54, 1.807) is 12.1 Å². The molecule has 1 saturated heterocycles. The van der Waals surface area contributed by atoms with Crippen molar-refractivity contribution in [2.75, 3.05) is 4.90 Å². The summed E-state index contributed by atoms with van der Waals surface area (Å²) >= 11 is 0. The number of aliphatic hydroxyl groups is 1. The molecule has 0 bridgehead atoms. The van der Waals surface area contributed by atoms with Gasteiger partial charge in [0.25, 0.3) is 11.7 Å². The normalized spacial score (nSPS) is 17.8. The van der Waals surface area contributed by atoms with Gasteiger partial charge in [0.2, 0.25) is 0 Å². The second-order valence-corrected chi connectivity index (χ2v) is 7.70. The highest BCUT2D eigenvalue weighted by Crippen LogP contribution is 2.42. The van der Waals surface area contributed by atoms with Gasteiger partial charge >= 0.3 is 0 Å². The Kier molecular flexibility index (Phi) is 5.61. The summed E-state index contributed by atoms with van der Waals surface area (Å²) in [6.45, 7) is 3.54. The smallest absolute Gasteiger partial charge is 0.300 e. The fourth-order valence-electron chi connectivity index (χ4n) is 3.90. The van der Waals surface area contributed by atoms with Crippen molar-refractivity contribution < 1.29 is 23.5 Å². The highest BCUT2D eigenvalue weighted by atomic mass is 19.1. The predicted molar refractivity (Wildman–Crippen MR) is 118 cm³/mol. The summed E-state index contributed by atoms with van der Waals surface area (Å²) < 4.78 is 27.3. The van der Waals surface area contributed by atoms with Crippen molar-refractivity contribution in [2.45, 2.75) is 26.3 Å². The zero-order chi connectivity index (χ0) is 23.0. The molecule has 0 radical (unpaired) electrons. The van der Waals surface area contributed by atoms with Crippen LogP contribution in [0, 0.1) is 18.6 Å². The van der Waals surface area contributed by atoms with Gasteiger partial charge in [-0.2, -0.15) is 0 Å². The summed E-state index contributed by atoms with van der Waals surface area (Å²) in [5.41, 5.74) is 2.38. The Morgan fingerprint density at radius 3 is 2.22 bits per heavy atom. The molecule has 1 N–H and O–H groups in total.